The van der Waals surface area contributed by atoms with Crippen LogP contribution in [0.5, 0.6) is 0 Å². The molecule has 5 heteroatoms. The van der Waals surface area contributed by atoms with Crippen LogP contribution in [0.25, 0.3) is 0 Å². The first-order valence-corrected chi connectivity index (χ1v) is 5.49. The van der Waals surface area contributed by atoms with Crippen LogP contribution in [0, 0.1) is 6.92 Å². The zero-order chi connectivity index (χ0) is 13.7. The van der Waals surface area contributed by atoms with Crippen molar-refractivity contribution in [1.82, 2.24) is 4.90 Å². The summed E-state index contributed by atoms with van der Waals surface area (Å²) in [5, 5.41) is 0. The van der Waals surface area contributed by atoms with Gasteiger partial charge in [0, 0.05) is 11.6 Å². The average Bonchev–Trinajstić information content (AvgIpc) is 2.29. The third-order valence-electron chi connectivity index (χ3n) is 2.38. The maximum atomic E-state index is 12.1. The molecule has 0 aliphatic carbocycles. The van der Waals surface area contributed by atoms with E-state index in [0.29, 0.717) is 5.56 Å². The summed E-state index contributed by atoms with van der Waals surface area (Å²) < 4.78 is 0. The van der Waals surface area contributed by atoms with E-state index >= 15 is 0 Å². The van der Waals surface area contributed by atoms with E-state index in [4.69, 9.17) is 0 Å². The molecule has 0 aliphatic heterocycles. The molecule has 1 aromatic carbocycles. The number of benzene rings is 1. The summed E-state index contributed by atoms with van der Waals surface area (Å²) in [5.74, 6) is -0.478. The number of aliphatic imine (C=N–C) groups is 1. The monoisotopic (exact) mass is 246 g/mol. The van der Waals surface area contributed by atoms with Crippen LogP contribution in [0.4, 0.5) is 4.79 Å². The molecule has 0 fully saturated rings. The van der Waals surface area contributed by atoms with E-state index in [9.17, 15) is 14.4 Å². The van der Waals surface area contributed by atoms with Gasteiger partial charge < -0.3 is 0 Å². The Bertz CT molecular complexity index is 499. The van der Waals surface area contributed by atoms with Gasteiger partial charge in [-0.1, -0.05) is 17.7 Å². The Morgan fingerprint density at radius 1 is 1.22 bits per heavy atom. The molecule has 0 bridgehead atoms. The first-order chi connectivity index (χ1) is 8.47. The van der Waals surface area contributed by atoms with Crippen molar-refractivity contribution in [3.63, 3.8) is 0 Å². The van der Waals surface area contributed by atoms with E-state index < -0.39 is 11.9 Å². The third kappa shape index (κ3) is 3.12. The Kier molecular flexibility index (Phi) is 4.52. The van der Waals surface area contributed by atoms with E-state index in [1.165, 1.54) is 0 Å². The van der Waals surface area contributed by atoms with Crippen molar-refractivity contribution in [1.29, 1.82) is 0 Å². The zero-order valence-corrected chi connectivity index (χ0v) is 10.5. The molecule has 0 spiro atoms. The van der Waals surface area contributed by atoms with Crippen LogP contribution in [0.1, 0.15) is 29.8 Å². The van der Waals surface area contributed by atoms with Gasteiger partial charge in [0.2, 0.25) is 6.08 Å². The number of carbonyl (C=O) groups excluding carboxylic acids is 3. The van der Waals surface area contributed by atoms with Gasteiger partial charge in [-0.25, -0.2) is 9.59 Å². The van der Waals surface area contributed by atoms with Gasteiger partial charge in [0.15, 0.2) is 0 Å². The Balaban J connectivity index is 3.07. The number of amides is 3. The van der Waals surface area contributed by atoms with Gasteiger partial charge in [0.05, 0.1) is 0 Å². The van der Waals surface area contributed by atoms with Crippen molar-refractivity contribution < 1.29 is 14.4 Å². The summed E-state index contributed by atoms with van der Waals surface area (Å²) in [4.78, 5) is 37.7. The van der Waals surface area contributed by atoms with Crippen molar-refractivity contribution in [2.45, 2.75) is 26.8 Å². The Morgan fingerprint density at radius 3 is 2.22 bits per heavy atom. The fraction of sp³-hybridized carbons (Fsp3) is 0.308. The van der Waals surface area contributed by atoms with Crippen LogP contribution in [0.15, 0.2) is 29.3 Å². The first kappa shape index (κ1) is 13.8. The van der Waals surface area contributed by atoms with E-state index in [1.54, 1.807) is 38.1 Å². The molecule has 94 valence electrons. The second-order valence-corrected chi connectivity index (χ2v) is 4.12. The predicted molar refractivity (Wildman–Crippen MR) is 66.0 cm³/mol. The molecule has 1 rings (SSSR count). The third-order valence-corrected chi connectivity index (χ3v) is 2.38. The highest BCUT2D eigenvalue weighted by atomic mass is 16.2. The van der Waals surface area contributed by atoms with Gasteiger partial charge in [0.25, 0.3) is 5.91 Å². The van der Waals surface area contributed by atoms with Gasteiger partial charge >= 0.3 is 6.03 Å². The number of carbonyl (C=O) groups is 2. The lowest BCUT2D eigenvalue weighted by Gasteiger charge is -2.21. The van der Waals surface area contributed by atoms with Crippen LogP contribution in [0.2, 0.25) is 0 Å². The van der Waals surface area contributed by atoms with Gasteiger partial charge in [-0.15, -0.1) is 4.99 Å². The second kappa shape index (κ2) is 5.89. The lowest BCUT2D eigenvalue weighted by Crippen LogP contribution is -2.40. The number of imide groups is 1. The molecule has 0 saturated heterocycles. The highest BCUT2D eigenvalue weighted by Gasteiger charge is 2.25. The minimum atomic E-state index is -0.898. The van der Waals surface area contributed by atoms with Crippen LogP contribution < -0.4 is 0 Å². The number of hydrogen-bond acceptors (Lipinski definition) is 3. The highest BCUT2D eigenvalue weighted by Crippen LogP contribution is 2.11. The summed E-state index contributed by atoms with van der Waals surface area (Å²) in [6.45, 7) is 5.24. The molecule has 5 nitrogen and oxygen atoms in total. The van der Waals surface area contributed by atoms with Crippen LogP contribution in [-0.4, -0.2) is 29.0 Å². The predicted octanol–water partition coefficient (Wildman–Crippen LogP) is 2.30. The smallest absolute Gasteiger partial charge is 0.269 e. The van der Waals surface area contributed by atoms with Crippen molar-refractivity contribution >= 4 is 18.0 Å². The Morgan fingerprint density at radius 2 is 1.78 bits per heavy atom. The largest absolute Gasteiger partial charge is 0.361 e. The van der Waals surface area contributed by atoms with Crippen LogP contribution in [-0.2, 0) is 4.79 Å². The summed E-state index contributed by atoms with van der Waals surface area (Å²) in [7, 11) is 0. The van der Waals surface area contributed by atoms with Gasteiger partial charge in [-0.2, -0.15) is 0 Å². The number of aryl methyl sites for hydroxylation is 1. The lowest BCUT2D eigenvalue weighted by molar-refractivity contribution is 0.0772. The zero-order valence-electron chi connectivity index (χ0n) is 10.5. The van der Waals surface area contributed by atoms with E-state index in [2.05, 4.69) is 4.99 Å². The minimum absolute atomic E-state index is 0.378. The molecule has 0 N–H and O–H groups in total. The molecule has 3 amide bonds. The van der Waals surface area contributed by atoms with Gasteiger partial charge in [-0.05, 0) is 32.9 Å². The fourth-order valence-corrected chi connectivity index (χ4v) is 1.47. The summed E-state index contributed by atoms with van der Waals surface area (Å²) in [6.07, 6.45) is 1.15. The van der Waals surface area contributed by atoms with Crippen molar-refractivity contribution in [3.05, 3.63) is 35.4 Å². The van der Waals surface area contributed by atoms with E-state index in [-0.39, 0.29) is 6.04 Å². The molecule has 0 atom stereocenters. The highest BCUT2D eigenvalue weighted by molar-refractivity contribution is 6.05. The standard InChI is InChI=1S/C13H14N2O3/c1-9(2)15(13(18)14-8-16)12(17)11-6-4-10(3)5-7-11/h4-7,9H,1-3H3. The maximum absolute atomic E-state index is 12.1. The number of nitrogens with zero attached hydrogens (tertiary/aromatic N) is 2. The molecule has 0 heterocycles. The second-order valence-electron chi connectivity index (χ2n) is 4.12. The number of isocyanates is 1. The molecule has 1 aromatic rings. The normalized spacial score (nSPS) is 9.78. The van der Waals surface area contributed by atoms with Crippen molar-refractivity contribution in [2.75, 3.05) is 0 Å². The number of urea groups is 1. The van der Waals surface area contributed by atoms with Crippen LogP contribution in [0.3, 0.4) is 0 Å². The fourth-order valence-electron chi connectivity index (χ4n) is 1.47. The minimum Gasteiger partial charge on any atom is -0.269 e. The molecule has 18 heavy (non-hydrogen) atoms. The van der Waals surface area contributed by atoms with E-state index in [0.717, 1.165) is 16.5 Å². The first-order valence-electron chi connectivity index (χ1n) is 5.49. The lowest BCUT2D eigenvalue weighted by atomic mass is 10.1. The summed E-state index contributed by atoms with van der Waals surface area (Å²) >= 11 is 0. The molecule has 0 saturated carbocycles. The number of hydrogen-bond donors (Lipinski definition) is 0. The van der Waals surface area contributed by atoms with Crippen LogP contribution >= 0.6 is 0 Å². The van der Waals surface area contributed by atoms with E-state index in [1.807, 2.05) is 6.92 Å². The molecular formula is C13H14N2O3. The summed E-state index contributed by atoms with van der Waals surface area (Å²) in [5.41, 5.74) is 1.39. The van der Waals surface area contributed by atoms with Gasteiger partial charge in [0.1, 0.15) is 0 Å². The topological polar surface area (TPSA) is 66.8 Å². The molecular weight excluding hydrogens is 232 g/mol. The molecule has 0 radical (unpaired) electrons. The SMILES string of the molecule is Cc1ccc(C(=O)N(C(=O)N=C=O)C(C)C)cc1. The Hall–Kier alpha value is -2.26. The molecule has 0 aliphatic rings. The average molecular weight is 246 g/mol. The van der Waals surface area contributed by atoms with Crippen molar-refractivity contribution in [2.24, 2.45) is 4.99 Å². The quantitative estimate of drug-likeness (QED) is 0.594. The Labute approximate surface area is 105 Å². The van der Waals surface area contributed by atoms with Crippen molar-refractivity contribution in [3.8, 4) is 0 Å². The van der Waals surface area contributed by atoms with Gasteiger partial charge in [-0.3, -0.25) is 9.69 Å². The summed E-state index contributed by atoms with van der Waals surface area (Å²) in [6, 6.07) is 5.53. The maximum Gasteiger partial charge on any atom is 0.361 e. The number of rotatable bonds is 2. The molecule has 0 aromatic heterocycles. The molecule has 0 unspecified atom stereocenters.